The minimum atomic E-state index is -3.50. The topological polar surface area (TPSA) is 70.9 Å². The number of amides is 1. The molecule has 162 valence electrons. The highest BCUT2D eigenvalue weighted by molar-refractivity contribution is 7.89. The third-order valence-corrected chi connectivity index (χ3v) is 7.71. The van der Waals surface area contributed by atoms with E-state index in [0.29, 0.717) is 43.5 Å². The van der Waals surface area contributed by atoms with Gasteiger partial charge in [-0.05, 0) is 54.7 Å². The molecule has 7 heteroatoms. The van der Waals surface area contributed by atoms with Crippen LogP contribution in [-0.2, 0) is 14.8 Å². The number of sulfonamides is 1. The highest BCUT2D eigenvalue weighted by atomic mass is 32.2. The molecule has 0 bridgehead atoms. The first-order valence-corrected chi connectivity index (χ1v) is 11.9. The molecule has 0 saturated carbocycles. The second-order valence-electron chi connectivity index (χ2n) is 8.37. The first-order chi connectivity index (χ1) is 14.2. The zero-order valence-electron chi connectivity index (χ0n) is 18.2. The third-order valence-electron chi connectivity index (χ3n) is 5.81. The standard InChI is InChI=1S/C23H31N3O3S/c1-17(2)21-7-5-6-8-22(21)24-23(27)16-25-11-13-26(14-12-25)30(28,29)20-10-9-18(3)19(4)15-20/h5-10,15,17H,11-14,16H2,1-4H3,(H,24,27)/p+1. The lowest BCUT2D eigenvalue weighted by atomic mass is 10.0. The number of hydrogen-bond acceptors (Lipinski definition) is 3. The molecule has 3 rings (SSSR count). The minimum absolute atomic E-state index is 0.0384. The van der Waals surface area contributed by atoms with Gasteiger partial charge in [0.2, 0.25) is 10.0 Å². The number of benzene rings is 2. The molecule has 6 nitrogen and oxygen atoms in total. The molecular weight excluding hydrogens is 398 g/mol. The van der Waals surface area contributed by atoms with Gasteiger partial charge >= 0.3 is 0 Å². The van der Waals surface area contributed by atoms with E-state index >= 15 is 0 Å². The number of hydrogen-bond donors (Lipinski definition) is 2. The van der Waals surface area contributed by atoms with Crippen LogP contribution in [0.5, 0.6) is 0 Å². The molecule has 0 atom stereocenters. The van der Waals surface area contributed by atoms with Crippen molar-refractivity contribution >= 4 is 21.6 Å². The highest BCUT2D eigenvalue weighted by Gasteiger charge is 2.31. The van der Waals surface area contributed by atoms with Crippen molar-refractivity contribution in [3.05, 3.63) is 59.2 Å². The maximum Gasteiger partial charge on any atom is 0.279 e. The van der Waals surface area contributed by atoms with E-state index in [2.05, 4.69) is 19.2 Å². The molecule has 1 saturated heterocycles. The second kappa shape index (κ2) is 9.29. The molecule has 2 N–H and O–H groups in total. The van der Waals surface area contributed by atoms with E-state index in [1.54, 1.807) is 12.1 Å². The Morgan fingerprint density at radius 2 is 1.73 bits per heavy atom. The van der Waals surface area contributed by atoms with Crippen molar-refractivity contribution in [3.8, 4) is 0 Å². The molecule has 0 spiro atoms. The maximum atomic E-state index is 13.0. The van der Waals surface area contributed by atoms with Crippen LogP contribution in [0.2, 0.25) is 0 Å². The summed E-state index contributed by atoms with van der Waals surface area (Å²) in [7, 11) is -3.50. The van der Waals surface area contributed by atoms with Crippen molar-refractivity contribution in [2.24, 2.45) is 0 Å². The molecule has 0 radical (unpaired) electrons. The Labute approximate surface area is 179 Å². The zero-order valence-corrected chi connectivity index (χ0v) is 19.1. The van der Waals surface area contributed by atoms with Crippen LogP contribution in [0.25, 0.3) is 0 Å². The summed E-state index contributed by atoms with van der Waals surface area (Å²) in [6, 6.07) is 13.1. The second-order valence-corrected chi connectivity index (χ2v) is 10.3. The van der Waals surface area contributed by atoms with E-state index in [0.717, 1.165) is 27.3 Å². The Morgan fingerprint density at radius 3 is 2.37 bits per heavy atom. The molecule has 1 aliphatic rings. The number of quaternary nitrogens is 1. The SMILES string of the molecule is Cc1ccc(S(=O)(=O)N2CC[NH+](CC(=O)Nc3ccccc3C(C)C)CC2)cc1C. The van der Waals surface area contributed by atoms with E-state index < -0.39 is 10.0 Å². The van der Waals surface area contributed by atoms with Gasteiger partial charge in [-0.2, -0.15) is 4.31 Å². The van der Waals surface area contributed by atoms with E-state index in [1.165, 1.54) is 4.31 Å². The molecule has 1 aliphatic heterocycles. The smallest absolute Gasteiger partial charge is 0.279 e. The number of aryl methyl sites for hydroxylation is 2. The molecule has 1 amide bonds. The van der Waals surface area contributed by atoms with Gasteiger partial charge in [0.15, 0.2) is 6.54 Å². The van der Waals surface area contributed by atoms with Crippen LogP contribution in [-0.4, -0.2) is 51.4 Å². The van der Waals surface area contributed by atoms with Crippen molar-refractivity contribution < 1.29 is 18.1 Å². The summed E-state index contributed by atoms with van der Waals surface area (Å²) < 4.78 is 27.5. The lowest BCUT2D eigenvalue weighted by Gasteiger charge is -2.31. The predicted molar refractivity (Wildman–Crippen MR) is 119 cm³/mol. The van der Waals surface area contributed by atoms with Crippen LogP contribution in [0.15, 0.2) is 47.4 Å². The summed E-state index contributed by atoms with van der Waals surface area (Å²) in [6.07, 6.45) is 0. The summed E-state index contributed by atoms with van der Waals surface area (Å²) in [5.74, 6) is 0.288. The van der Waals surface area contributed by atoms with Crippen molar-refractivity contribution in [1.82, 2.24) is 4.31 Å². The summed E-state index contributed by atoms with van der Waals surface area (Å²) in [4.78, 5) is 14.0. The van der Waals surface area contributed by atoms with Crippen LogP contribution in [0.1, 0.15) is 36.5 Å². The number of piperazine rings is 1. The van der Waals surface area contributed by atoms with Gasteiger partial charge in [0, 0.05) is 5.69 Å². The van der Waals surface area contributed by atoms with Crippen molar-refractivity contribution in [2.75, 3.05) is 38.0 Å². The average molecular weight is 431 g/mol. The minimum Gasteiger partial charge on any atom is -0.325 e. The lowest BCUT2D eigenvalue weighted by Crippen LogP contribution is -3.15. The lowest BCUT2D eigenvalue weighted by molar-refractivity contribution is -0.895. The van der Waals surface area contributed by atoms with Crippen LogP contribution in [0.3, 0.4) is 0 Å². The normalized spacial score (nSPS) is 16.0. The fraction of sp³-hybridized carbons (Fsp3) is 0.435. The number of nitrogens with one attached hydrogen (secondary N) is 2. The van der Waals surface area contributed by atoms with Gasteiger partial charge in [-0.15, -0.1) is 0 Å². The van der Waals surface area contributed by atoms with E-state index in [1.807, 2.05) is 44.2 Å². The molecule has 1 heterocycles. The molecule has 0 aromatic heterocycles. The Morgan fingerprint density at radius 1 is 1.07 bits per heavy atom. The molecule has 2 aromatic rings. The Kier molecular flexibility index (Phi) is 6.95. The van der Waals surface area contributed by atoms with E-state index in [9.17, 15) is 13.2 Å². The Balaban J connectivity index is 1.58. The first kappa shape index (κ1) is 22.5. The van der Waals surface area contributed by atoms with Gasteiger partial charge in [-0.1, -0.05) is 38.1 Å². The number of anilines is 1. The van der Waals surface area contributed by atoms with E-state index in [4.69, 9.17) is 0 Å². The largest absolute Gasteiger partial charge is 0.325 e. The summed E-state index contributed by atoms with van der Waals surface area (Å²) in [5.41, 5.74) is 4.02. The fourth-order valence-electron chi connectivity index (χ4n) is 3.78. The third kappa shape index (κ3) is 5.09. The molecular formula is C23H32N3O3S+. The first-order valence-electron chi connectivity index (χ1n) is 10.5. The number of carbonyl (C=O) groups is 1. The van der Waals surface area contributed by atoms with Crippen molar-refractivity contribution in [2.45, 2.75) is 38.5 Å². The van der Waals surface area contributed by atoms with Gasteiger partial charge in [0.05, 0.1) is 31.1 Å². The highest BCUT2D eigenvalue weighted by Crippen LogP contribution is 2.23. The number of nitrogens with zero attached hydrogens (tertiary/aromatic N) is 1. The fourth-order valence-corrected chi connectivity index (χ4v) is 5.31. The summed E-state index contributed by atoms with van der Waals surface area (Å²) in [5, 5.41) is 3.03. The number of para-hydroxylation sites is 1. The monoisotopic (exact) mass is 430 g/mol. The Bertz CT molecular complexity index is 1010. The quantitative estimate of drug-likeness (QED) is 0.736. The summed E-state index contributed by atoms with van der Waals surface area (Å²) in [6.45, 7) is 10.5. The number of rotatable bonds is 6. The molecule has 30 heavy (non-hydrogen) atoms. The average Bonchev–Trinajstić information content (AvgIpc) is 2.70. The van der Waals surface area contributed by atoms with Gasteiger partial charge in [-0.3, -0.25) is 4.79 Å². The predicted octanol–water partition coefficient (Wildman–Crippen LogP) is 1.95. The molecule has 2 aromatic carbocycles. The van der Waals surface area contributed by atoms with Crippen LogP contribution in [0.4, 0.5) is 5.69 Å². The summed E-state index contributed by atoms with van der Waals surface area (Å²) >= 11 is 0. The zero-order chi connectivity index (χ0) is 21.9. The molecule has 1 fully saturated rings. The molecule has 0 unspecified atom stereocenters. The van der Waals surface area contributed by atoms with Crippen molar-refractivity contribution in [1.29, 1.82) is 0 Å². The van der Waals surface area contributed by atoms with Crippen LogP contribution >= 0.6 is 0 Å². The molecule has 0 aliphatic carbocycles. The van der Waals surface area contributed by atoms with Crippen LogP contribution < -0.4 is 10.2 Å². The van der Waals surface area contributed by atoms with Gasteiger partial charge in [-0.25, -0.2) is 8.42 Å². The number of carbonyl (C=O) groups excluding carboxylic acids is 1. The van der Waals surface area contributed by atoms with E-state index in [-0.39, 0.29) is 5.91 Å². The van der Waals surface area contributed by atoms with Gasteiger partial charge in [0.25, 0.3) is 5.91 Å². The van der Waals surface area contributed by atoms with Crippen LogP contribution in [0, 0.1) is 13.8 Å². The maximum absolute atomic E-state index is 13.0. The Hall–Kier alpha value is -2.22. The van der Waals surface area contributed by atoms with Gasteiger partial charge < -0.3 is 10.2 Å². The van der Waals surface area contributed by atoms with Crippen molar-refractivity contribution in [3.63, 3.8) is 0 Å². The van der Waals surface area contributed by atoms with Gasteiger partial charge in [0.1, 0.15) is 0 Å².